The zero-order valence-electron chi connectivity index (χ0n) is 18.1. The molecule has 1 aliphatic heterocycles. The molecule has 0 amide bonds. The second-order valence-corrected chi connectivity index (χ2v) is 9.70. The molecule has 0 spiro atoms. The van der Waals surface area contributed by atoms with Gasteiger partial charge < -0.3 is 9.64 Å². The van der Waals surface area contributed by atoms with E-state index >= 15 is 0 Å². The van der Waals surface area contributed by atoms with Crippen LogP contribution in [-0.4, -0.2) is 43.8 Å². The van der Waals surface area contributed by atoms with Gasteiger partial charge >= 0.3 is 0 Å². The summed E-state index contributed by atoms with van der Waals surface area (Å²) in [4.78, 5) is 5.01. The summed E-state index contributed by atoms with van der Waals surface area (Å²) < 4.78 is 6.19. The topological polar surface area (TPSA) is 15.7 Å². The van der Waals surface area contributed by atoms with Crippen LogP contribution in [0.2, 0.25) is 5.02 Å². The van der Waals surface area contributed by atoms with E-state index in [4.69, 9.17) is 16.3 Å². The number of benzene rings is 2. The van der Waals surface area contributed by atoms with Crippen LogP contribution < -0.4 is 4.90 Å². The van der Waals surface area contributed by atoms with Crippen LogP contribution in [0.4, 0.5) is 5.69 Å². The molecule has 4 heteroatoms. The number of nitrogens with zero attached hydrogens (tertiary/aromatic N) is 2. The van der Waals surface area contributed by atoms with Crippen molar-refractivity contribution in [3.05, 3.63) is 65.2 Å². The summed E-state index contributed by atoms with van der Waals surface area (Å²) >= 11 is 6.61. The zero-order chi connectivity index (χ0) is 20.7. The maximum absolute atomic E-state index is 6.61. The third-order valence-electron chi connectivity index (χ3n) is 5.34. The van der Waals surface area contributed by atoms with Gasteiger partial charge in [-0.2, -0.15) is 0 Å². The third-order valence-corrected chi connectivity index (χ3v) is 5.66. The van der Waals surface area contributed by atoms with Gasteiger partial charge in [0.2, 0.25) is 0 Å². The van der Waals surface area contributed by atoms with E-state index in [1.807, 2.05) is 12.1 Å². The molecule has 3 rings (SSSR count). The van der Waals surface area contributed by atoms with Gasteiger partial charge in [-0.3, -0.25) is 4.90 Å². The molecule has 1 fully saturated rings. The minimum absolute atomic E-state index is 0.183. The predicted molar refractivity (Wildman–Crippen MR) is 124 cm³/mol. The van der Waals surface area contributed by atoms with Crippen LogP contribution in [0.1, 0.15) is 39.2 Å². The van der Waals surface area contributed by atoms with E-state index in [2.05, 4.69) is 73.0 Å². The summed E-state index contributed by atoms with van der Waals surface area (Å²) in [6, 6.07) is 19.2. The molecule has 1 saturated heterocycles. The van der Waals surface area contributed by atoms with Crippen molar-refractivity contribution in [2.24, 2.45) is 5.41 Å². The first-order valence-corrected chi connectivity index (χ1v) is 11.2. The average molecular weight is 415 g/mol. The van der Waals surface area contributed by atoms with Gasteiger partial charge in [-0.25, -0.2) is 0 Å². The molecule has 1 unspecified atom stereocenters. The lowest BCUT2D eigenvalue weighted by atomic mass is 9.99. The van der Waals surface area contributed by atoms with E-state index in [-0.39, 0.29) is 5.41 Å². The number of halogens is 1. The highest BCUT2D eigenvalue weighted by Crippen LogP contribution is 2.28. The fourth-order valence-electron chi connectivity index (χ4n) is 3.90. The lowest BCUT2D eigenvalue weighted by Crippen LogP contribution is -2.46. The number of para-hydroxylation sites is 1. The first-order valence-electron chi connectivity index (χ1n) is 10.8. The Morgan fingerprint density at radius 2 is 1.66 bits per heavy atom. The molecule has 158 valence electrons. The Hall–Kier alpha value is -1.55. The normalized spacial score (nSPS) is 16.1. The fraction of sp³-hybridized carbons (Fsp3) is 0.520. The van der Waals surface area contributed by atoms with Crippen LogP contribution >= 0.6 is 11.6 Å². The summed E-state index contributed by atoms with van der Waals surface area (Å²) in [6.45, 7) is 12.3. The van der Waals surface area contributed by atoms with Gasteiger partial charge in [-0.1, -0.05) is 74.8 Å². The average Bonchev–Trinajstić information content (AvgIpc) is 3.21. The van der Waals surface area contributed by atoms with Crippen molar-refractivity contribution in [1.82, 2.24) is 4.90 Å². The van der Waals surface area contributed by atoms with Crippen LogP contribution in [-0.2, 0) is 11.3 Å². The molecule has 0 saturated carbocycles. The lowest BCUT2D eigenvalue weighted by molar-refractivity contribution is 0.0318. The molecule has 29 heavy (non-hydrogen) atoms. The van der Waals surface area contributed by atoms with Crippen molar-refractivity contribution in [2.45, 2.75) is 46.2 Å². The quantitative estimate of drug-likeness (QED) is 0.510. The molecule has 1 atom stereocenters. The first-order chi connectivity index (χ1) is 13.9. The summed E-state index contributed by atoms with van der Waals surface area (Å²) in [5.74, 6) is 0. The SMILES string of the molecule is CC(C)(C)COCC(CN(Cc1ccccc1)c1ccccc1Cl)N1CCCC1. The largest absolute Gasteiger partial charge is 0.379 e. The molecule has 1 aliphatic rings. The highest BCUT2D eigenvalue weighted by molar-refractivity contribution is 6.33. The highest BCUT2D eigenvalue weighted by Gasteiger charge is 2.26. The molecule has 3 nitrogen and oxygen atoms in total. The Morgan fingerprint density at radius 3 is 2.31 bits per heavy atom. The van der Waals surface area contributed by atoms with Crippen molar-refractivity contribution in [3.8, 4) is 0 Å². The minimum Gasteiger partial charge on any atom is -0.379 e. The van der Waals surface area contributed by atoms with E-state index < -0.39 is 0 Å². The summed E-state index contributed by atoms with van der Waals surface area (Å²) in [5.41, 5.74) is 2.57. The second kappa shape index (κ2) is 10.5. The van der Waals surface area contributed by atoms with Crippen LogP contribution in [0.25, 0.3) is 0 Å². The van der Waals surface area contributed by atoms with Crippen LogP contribution in [0.15, 0.2) is 54.6 Å². The number of rotatable bonds is 9. The Bertz CT molecular complexity index is 738. The molecule has 1 heterocycles. The molecular weight excluding hydrogens is 380 g/mol. The van der Waals surface area contributed by atoms with E-state index in [0.29, 0.717) is 6.04 Å². The number of hydrogen-bond donors (Lipinski definition) is 0. The van der Waals surface area contributed by atoms with Crippen LogP contribution in [0, 0.1) is 5.41 Å². The van der Waals surface area contributed by atoms with Gasteiger partial charge in [-0.05, 0) is 49.0 Å². The second-order valence-electron chi connectivity index (χ2n) is 9.29. The lowest BCUT2D eigenvalue weighted by Gasteiger charge is -2.35. The van der Waals surface area contributed by atoms with Crippen molar-refractivity contribution in [1.29, 1.82) is 0 Å². The Morgan fingerprint density at radius 1 is 1.00 bits per heavy atom. The monoisotopic (exact) mass is 414 g/mol. The standard InChI is InChI=1S/C25H35ClN2O/c1-25(2,3)20-29-19-22(27-15-9-10-16-27)18-28(17-21-11-5-4-6-12-21)24-14-8-7-13-23(24)26/h4-8,11-14,22H,9-10,15-20H2,1-3H3. The van der Waals surface area contributed by atoms with E-state index in [0.717, 1.165) is 50.1 Å². The van der Waals surface area contributed by atoms with Gasteiger partial charge in [0.1, 0.15) is 0 Å². The van der Waals surface area contributed by atoms with Crippen molar-refractivity contribution >= 4 is 17.3 Å². The summed E-state index contributed by atoms with van der Waals surface area (Å²) in [6.07, 6.45) is 2.56. The molecule has 2 aromatic rings. The maximum Gasteiger partial charge on any atom is 0.0639 e. The zero-order valence-corrected chi connectivity index (χ0v) is 18.9. The molecular formula is C25H35ClN2O. The van der Waals surface area contributed by atoms with Crippen molar-refractivity contribution in [3.63, 3.8) is 0 Å². The molecule has 0 aromatic heterocycles. The predicted octanol–water partition coefficient (Wildman–Crippen LogP) is 5.87. The minimum atomic E-state index is 0.183. The Balaban J connectivity index is 1.78. The fourth-order valence-corrected chi connectivity index (χ4v) is 4.15. The number of likely N-dealkylation sites (tertiary alicyclic amines) is 1. The smallest absolute Gasteiger partial charge is 0.0639 e. The number of anilines is 1. The van der Waals surface area contributed by atoms with E-state index in [1.54, 1.807) is 0 Å². The van der Waals surface area contributed by atoms with Gasteiger partial charge in [0, 0.05) is 13.1 Å². The van der Waals surface area contributed by atoms with E-state index in [9.17, 15) is 0 Å². The van der Waals surface area contributed by atoms with Crippen molar-refractivity contribution in [2.75, 3.05) is 37.7 Å². The van der Waals surface area contributed by atoms with Gasteiger partial charge in [-0.15, -0.1) is 0 Å². The van der Waals surface area contributed by atoms with Gasteiger partial charge in [0.15, 0.2) is 0 Å². The van der Waals surface area contributed by atoms with Crippen LogP contribution in [0.3, 0.4) is 0 Å². The molecule has 0 bridgehead atoms. The third kappa shape index (κ3) is 7.02. The molecule has 0 radical (unpaired) electrons. The van der Waals surface area contributed by atoms with E-state index in [1.165, 1.54) is 18.4 Å². The number of hydrogen-bond acceptors (Lipinski definition) is 3. The van der Waals surface area contributed by atoms with Crippen LogP contribution in [0.5, 0.6) is 0 Å². The highest BCUT2D eigenvalue weighted by atomic mass is 35.5. The summed E-state index contributed by atoms with van der Waals surface area (Å²) in [7, 11) is 0. The maximum atomic E-state index is 6.61. The molecule has 0 aliphatic carbocycles. The van der Waals surface area contributed by atoms with Gasteiger partial charge in [0.05, 0.1) is 30.0 Å². The molecule has 2 aromatic carbocycles. The summed E-state index contributed by atoms with van der Waals surface area (Å²) in [5, 5.41) is 0.805. The van der Waals surface area contributed by atoms with Gasteiger partial charge in [0.25, 0.3) is 0 Å². The first kappa shape index (κ1) is 22.1. The Labute approximate surface area is 181 Å². The molecule has 0 N–H and O–H groups in total. The number of ether oxygens (including phenoxy) is 1. The van der Waals surface area contributed by atoms with Crippen molar-refractivity contribution < 1.29 is 4.74 Å². The Kier molecular flexibility index (Phi) is 7.99.